The Morgan fingerprint density at radius 1 is 1.05 bits per heavy atom. The summed E-state index contributed by atoms with van der Waals surface area (Å²) in [5.41, 5.74) is 1.24. The molecule has 6 unspecified atom stereocenters. The Kier molecular flexibility index (Phi) is 4.92. The van der Waals surface area contributed by atoms with E-state index in [0.717, 1.165) is 23.7 Å². The van der Waals surface area contributed by atoms with Gasteiger partial charge < -0.3 is 0 Å². The van der Waals surface area contributed by atoms with Gasteiger partial charge in [0.05, 0.1) is 0 Å². The number of rotatable bonds is 4. The van der Waals surface area contributed by atoms with Crippen LogP contribution in [0.25, 0.3) is 0 Å². The molecule has 0 aromatic carbocycles. The second kappa shape index (κ2) is 6.01. The van der Waals surface area contributed by atoms with Crippen LogP contribution in [0.3, 0.4) is 0 Å². The summed E-state index contributed by atoms with van der Waals surface area (Å²) < 4.78 is 0. The third-order valence-corrected chi connectivity index (χ3v) is 7.96. The molecule has 0 saturated heterocycles. The molecule has 0 amide bonds. The van der Waals surface area contributed by atoms with Crippen LogP contribution in [0.5, 0.6) is 0 Å². The Labute approximate surface area is 128 Å². The van der Waals surface area contributed by atoms with Gasteiger partial charge in [-0.3, -0.25) is 0 Å². The SMILES string of the molecule is CCC(C)CCC1(C)C(C)CCC2(C)C(C)CCCC12. The normalized spacial score (nSPS) is 46.8. The van der Waals surface area contributed by atoms with Crippen molar-refractivity contribution in [3.05, 3.63) is 0 Å². The Morgan fingerprint density at radius 2 is 1.75 bits per heavy atom. The molecule has 0 N–H and O–H groups in total. The molecule has 2 saturated carbocycles. The molecule has 2 rings (SSSR count). The van der Waals surface area contributed by atoms with Crippen molar-refractivity contribution < 1.29 is 0 Å². The van der Waals surface area contributed by atoms with E-state index in [1.807, 2.05) is 0 Å². The molecule has 0 spiro atoms. The lowest BCUT2D eigenvalue weighted by molar-refractivity contribution is -0.110. The maximum Gasteiger partial charge on any atom is -0.0266 e. The first-order valence-electron chi connectivity index (χ1n) is 9.34. The van der Waals surface area contributed by atoms with E-state index in [9.17, 15) is 0 Å². The first-order chi connectivity index (χ1) is 9.34. The summed E-state index contributed by atoms with van der Waals surface area (Å²) in [5, 5.41) is 0. The largest absolute Gasteiger partial charge is 0.0651 e. The van der Waals surface area contributed by atoms with Crippen LogP contribution in [0, 0.1) is 34.5 Å². The molecule has 0 heterocycles. The van der Waals surface area contributed by atoms with Crippen molar-refractivity contribution >= 4 is 0 Å². The average molecular weight is 279 g/mol. The van der Waals surface area contributed by atoms with Crippen LogP contribution in [-0.4, -0.2) is 0 Å². The molecule has 0 aromatic heterocycles. The smallest absolute Gasteiger partial charge is 0.0266 e. The average Bonchev–Trinajstić information content (AvgIpc) is 2.43. The summed E-state index contributed by atoms with van der Waals surface area (Å²) in [6.45, 7) is 15.2. The van der Waals surface area contributed by atoms with E-state index >= 15 is 0 Å². The fourth-order valence-corrected chi connectivity index (χ4v) is 5.52. The van der Waals surface area contributed by atoms with E-state index in [2.05, 4.69) is 41.5 Å². The highest BCUT2D eigenvalue weighted by Gasteiger charge is 2.54. The quantitative estimate of drug-likeness (QED) is 0.537. The molecule has 20 heavy (non-hydrogen) atoms. The number of hydrogen-bond acceptors (Lipinski definition) is 0. The van der Waals surface area contributed by atoms with Crippen LogP contribution in [-0.2, 0) is 0 Å². The van der Waals surface area contributed by atoms with Gasteiger partial charge in [0.25, 0.3) is 0 Å². The summed E-state index contributed by atoms with van der Waals surface area (Å²) in [6, 6.07) is 0. The molecule has 0 aliphatic heterocycles. The van der Waals surface area contributed by atoms with Gasteiger partial charge >= 0.3 is 0 Å². The van der Waals surface area contributed by atoms with Gasteiger partial charge in [-0.05, 0) is 60.2 Å². The number of hydrogen-bond donors (Lipinski definition) is 0. The van der Waals surface area contributed by atoms with Crippen molar-refractivity contribution in [3.63, 3.8) is 0 Å². The van der Waals surface area contributed by atoms with E-state index < -0.39 is 0 Å². The van der Waals surface area contributed by atoms with Crippen molar-refractivity contribution in [2.24, 2.45) is 34.5 Å². The van der Waals surface area contributed by atoms with Crippen LogP contribution in [0.1, 0.15) is 92.9 Å². The maximum absolute atomic E-state index is 2.65. The zero-order chi connectivity index (χ0) is 15.0. The Hall–Kier alpha value is 0. The lowest BCUT2D eigenvalue weighted by atomic mass is 9.45. The predicted octanol–water partition coefficient (Wildman–Crippen LogP) is 6.69. The predicted molar refractivity (Wildman–Crippen MR) is 89.8 cm³/mol. The van der Waals surface area contributed by atoms with Gasteiger partial charge in [0.2, 0.25) is 0 Å². The van der Waals surface area contributed by atoms with Crippen molar-refractivity contribution in [1.29, 1.82) is 0 Å². The molecule has 2 fully saturated rings. The van der Waals surface area contributed by atoms with E-state index in [4.69, 9.17) is 0 Å². The van der Waals surface area contributed by atoms with Crippen LogP contribution in [0.2, 0.25) is 0 Å². The molecular weight excluding hydrogens is 240 g/mol. The molecule has 0 bridgehead atoms. The third kappa shape index (κ3) is 2.69. The van der Waals surface area contributed by atoms with E-state index in [1.165, 1.54) is 51.4 Å². The van der Waals surface area contributed by atoms with Crippen molar-refractivity contribution in [1.82, 2.24) is 0 Å². The lowest BCUT2D eigenvalue weighted by Gasteiger charge is -2.60. The Morgan fingerprint density at radius 3 is 2.40 bits per heavy atom. The molecule has 0 nitrogen and oxygen atoms in total. The monoisotopic (exact) mass is 278 g/mol. The summed E-state index contributed by atoms with van der Waals surface area (Å²) in [5.74, 6) is 3.76. The fraction of sp³-hybridized carbons (Fsp3) is 1.00. The topological polar surface area (TPSA) is 0 Å². The Balaban J connectivity index is 2.19. The first kappa shape index (κ1) is 16.4. The van der Waals surface area contributed by atoms with Gasteiger partial charge in [-0.25, -0.2) is 0 Å². The molecule has 0 radical (unpaired) electrons. The minimum atomic E-state index is 0.602. The van der Waals surface area contributed by atoms with Crippen LogP contribution < -0.4 is 0 Å². The Bertz CT molecular complexity index is 320. The van der Waals surface area contributed by atoms with Gasteiger partial charge in [-0.2, -0.15) is 0 Å². The number of fused-ring (bicyclic) bond motifs is 1. The highest BCUT2D eigenvalue weighted by Crippen LogP contribution is 2.63. The summed E-state index contributed by atoms with van der Waals surface area (Å²) in [4.78, 5) is 0. The van der Waals surface area contributed by atoms with E-state index in [0.29, 0.717) is 10.8 Å². The first-order valence-corrected chi connectivity index (χ1v) is 9.34. The van der Waals surface area contributed by atoms with Crippen LogP contribution in [0.15, 0.2) is 0 Å². The van der Waals surface area contributed by atoms with Crippen molar-refractivity contribution in [2.45, 2.75) is 92.9 Å². The molecule has 0 heteroatoms. The second-order valence-electron chi connectivity index (χ2n) is 8.89. The highest BCUT2D eigenvalue weighted by atomic mass is 14.6. The van der Waals surface area contributed by atoms with Gasteiger partial charge in [0.1, 0.15) is 0 Å². The molecular formula is C20H38. The molecule has 6 atom stereocenters. The zero-order valence-corrected chi connectivity index (χ0v) is 15.0. The lowest BCUT2D eigenvalue weighted by Crippen LogP contribution is -2.52. The zero-order valence-electron chi connectivity index (χ0n) is 15.0. The van der Waals surface area contributed by atoms with Crippen molar-refractivity contribution in [3.8, 4) is 0 Å². The standard InChI is InChI=1S/C20H38/c1-7-15(2)11-13-19(5)17(4)12-14-20(6)16(3)9-8-10-18(19)20/h15-18H,7-14H2,1-6H3. The summed E-state index contributed by atoms with van der Waals surface area (Å²) >= 11 is 0. The van der Waals surface area contributed by atoms with Gasteiger partial charge in [-0.15, -0.1) is 0 Å². The second-order valence-corrected chi connectivity index (χ2v) is 8.89. The molecule has 118 valence electrons. The van der Waals surface area contributed by atoms with Crippen LogP contribution >= 0.6 is 0 Å². The maximum atomic E-state index is 2.65. The van der Waals surface area contributed by atoms with E-state index in [1.54, 1.807) is 0 Å². The van der Waals surface area contributed by atoms with E-state index in [-0.39, 0.29) is 0 Å². The third-order valence-electron chi connectivity index (χ3n) is 7.96. The molecule has 2 aliphatic rings. The summed E-state index contributed by atoms with van der Waals surface area (Å²) in [6.07, 6.45) is 11.7. The van der Waals surface area contributed by atoms with Gasteiger partial charge in [-0.1, -0.05) is 67.2 Å². The van der Waals surface area contributed by atoms with Crippen LogP contribution in [0.4, 0.5) is 0 Å². The van der Waals surface area contributed by atoms with Gasteiger partial charge in [0, 0.05) is 0 Å². The minimum absolute atomic E-state index is 0.602. The summed E-state index contributed by atoms with van der Waals surface area (Å²) in [7, 11) is 0. The molecule has 2 aliphatic carbocycles. The minimum Gasteiger partial charge on any atom is -0.0651 e. The van der Waals surface area contributed by atoms with Crippen molar-refractivity contribution in [2.75, 3.05) is 0 Å². The molecule has 0 aromatic rings. The fourth-order valence-electron chi connectivity index (χ4n) is 5.52. The van der Waals surface area contributed by atoms with Gasteiger partial charge in [0.15, 0.2) is 0 Å². The highest BCUT2D eigenvalue weighted by molar-refractivity contribution is 5.03.